The number of carbonyl (C=O) groups is 1. The summed E-state index contributed by atoms with van der Waals surface area (Å²) in [4.78, 5) is 11.9. The highest BCUT2D eigenvalue weighted by molar-refractivity contribution is 7.99. The third-order valence-corrected chi connectivity index (χ3v) is 4.15. The summed E-state index contributed by atoms with van der Waals surface area (Å²) in [5, 5.41) is 1.13. The van der Waals surface area contributed by atoms with Crippen molar-refractivity contribution in [3.05, 3.63) is 33.8 Å². The summed E-state index contributed by atoms with van der Waals surface area (Å²) >= 11 is 7.97. The van der Waals surface area contributed by atoms with Crippen molar-refractivity contribution in [1.82, 2.24) is 0 Å². The van der Waals surface area contributed by atoms with Crippen LogP contribution in [0.5, 0.6) is 0 Å². The van der Waals surface area contributed by atoms with E-state index in [0.29, 0.717) is 11.7 Å². The van der Waals surface area contributed by atoms with Gasteiger partial charge >= 0.3 is 0 Å². The molecule has 0 bridgehead atoms. The summed E-state index contributed by atoms with van der Waals surface area (Å²) < 4.78 is 0. The maximum Gasteiger partial charge on any atom is 0.164 e. The van der Waals surface area contributed by atoms with E-state index in [1.165, 1.54) is 0 Å². The van der Waals surface area contributed by atoms with E-state index in [0.717, 1.165) is 27.5 Å². The van der Waals surface area contributed by atoms with Crippen LogP contribution in [-0.2, 0) is 5.75 Å². The first-order chi connectivity index (χ1) is 7.08. The molecule has 1 unspecified atom stereocenters. The molecule has 1 aliphatic rings. The molecule has 0 spiro atoms. The first kappa shape index (κ1) is 11.0. The Labute approximate surface area is 99.2 Å². The van der Waals surface area contributed by atoms with Gasteiger partial charge in [-0.2, -0.15) is 11.8 Å². The van der Waals surface area contributed by atoms with Gasteiger partial charge in [0.25, 0.3) is 0 Å². The molecule has 15 heavy (non-hydrogen) atoms. The molecule has 0 aromatic heterocycles. The third kappa shape index (κ3) is 2.21. The van der Waals surface area contributed by atoms with Gasteiger partial charge in [0, 0.05) is 28.0 Å². The molecule has 80 valence electrons. The van der Waals surface area contributed by atoms with Crippen molar-refractivity contribution in [3.8, 4) is 0 Å². The highest BCUT2D eigenvalue weighted by atomic mass is 35.5. The lowest BCUT2D eigenvalue weighted by Crippen LogP contribution is -2.05. The quantitative estimate of drug-likeness (QED) is 0.685. The molecule has 1 aromatic carbocycles. The number of fused-ring (bicyclic) bond motifs is 1. The fourth-order valence-corrected chi connectivity index (χ4v) is 3.27. The SMILES string of the molecule is Cc1cc(Cl)c2c(c1)C(=O)CC(C)SC2. The van der Waals surface area contributed by atoms with Crippen molar-refractivity contribution in [2.75, 3.05) is 0 Å². The number of hydrogen-bond donors (Lipinski definition) is 0. The van der Waals surface area contributed by atoms with E-state index >= 15 is 0 Å². The molecule has 1 aromatic rings. The minimum Gasteiger partial charge on any atom is -0.294 e. The second kappa shape index (κ2) is 4.18. The molecule has 1 atom stereocenters. The predicted molar refractivity (Wildman–Crippen MR) is 65.9 cm³/mol. The molecule has 0 N–H and O–H groups in total. The fourth-order valence-electron chi connectivity index (χ4n) is 1.82. The van der Waals surface area contributed by atoms with Crippen molar-refractivity contribution in [1.29, 1.82) is 0 Å². The molecule has 0 fully saturated rings. The van der Waals surface area contributed by atoms with E-state index in [-0.39, 0.29) is 5.78 Å². The summed E-state index contributed by atoms with van der Waals surface area (Å²) in [6.07, 6.45) is 0.622. The van der Waals surface area contributed by atoms with Crippen LogP contribution in [0.3, 0.4) is 0 Å². The molecule has 1 aliphatic heterocycles. The fraction of sp³-hybridized carbons (Fsp3) is 0.417. The Balaban J connectivity index is 2.53. The second-order valence-electron chi connectivity index (χ2n) is 4.02. The van der Waals surface area contributed by atoms with Gasteiger partial charge in [0.1, 0.15) is 0 Å². The van der Waals surface area contributed by atoms with Crippen LogP contribution in [0.1, 0.15) is 34.8 Å². The number of rotatable bonds is 0. The van der Waals surface area contributed by atoms with Gasteiger partial charge in [-0.1, -0.05) is 18.5 Å². The van der Waals surface area contributed by atoms with Crippen LogP contribution < -0.4 is 0 Å². The number of carbonyl (C=O) groups excluding carboxylic acids is 1. The molecule has 1 nitrogen and oxygen atoms in total. The second-order valence-corrected chi connectivity index (χ2v) is 5.86. The summed E-state index contributed by atoms with van der Waals surface area (Å²) in [6.45, 7) is 4.07. The summed E-state index contributed by atoms with van der Waals surface area (Å²) in [5.74, 6) is 1.08. The molecule has 0 radical (unpaired) electrons. The van der Waals surface area contributed by atoms with Crippen molar-refractivity contribution >= 4 is 29.1 Å². The Hall–Kier alpha value is -0.470. The van der Waals surface area contributed by atoms with E-state index in [1.54, 1.807) is 11.8 Å². The Morgan fingerprint density at radius 2 is 2.20 bits per heavy atom. The smallest absolute Gasteiger partial charge is 0.164 e. The van der Waals surface area contributed by atoms with E-state index in [9.17, 15) is 4.79 Å². The highest BCUT2D eigenvalue weighted by Crippen LogP contribution is 2.33. The van der Waals surface area contributed by atoms with Crippen LogP contribution in [0.15, 0.2) is 12.1 Å². The van der Waals surface area contributed by atoms with Crippen LogP contribution in [0.4, 0.5) is 0 Å². The predicted octanol–water partition coefficient (Wildman–Crippen LogP) is 3.86. The monoisotopic (exact) mass is 240 g/mol. The van der Waals surface area contributed by atoms with E-state index < -0.39 is 0 Å². The highest BCUT2D eigenvalue weighted by Gasteiger charge is 2.22. The van der Waals surface area contributed by atoms with E-state index in [2.05, 4.69) is 6.92 Å². The van der Waals surface area contributed by atoms with Gasteiger partial charge in [0.05, 0.1) is 0 Å². The molecule has 0 saturated heterocycles. The summed E-state index contributed by atoms with van der Waals surface area (Å²) in [6, 6.07) is 3.90. The number of aryl methyl sites for hydroxylation is 1. The zero-order valence-electron chi connectivity index (χ0n) is 8.84. The topological polar surface area (TPSA) is 17.1 Å². The van der Waals surface area contributed by atoms with Gasteiger partial charge in [0.15, 0.2) is 5.78 Å². The van der Waals surface area contributed by atoms with Crippen molar-refractivity contribution < 1.29 is 4.79 Å². The Kier molecular flexibility index (Phi) is 3.08. The Morgan fingerprint density at radius 3 is 2.93 bits per heavy atom. The van der Waals surface area contributed by atoms with Crippen LogP contribution in [0.2, 0.25) is 5.02 Å². The van der Waals surface area contributed by atoms with Crippen molar-refractivity contribution in [3.63, 3.8) is 0 Å². The maximum absolute atomic E-state index is 11.9. The lowest BCUT2D eigenvalue weighted by molar-refractivity contribution is 0.0983. The molecule has 2 rings (SSSR count). The number of benzene rings is 1. The van der Waals surface area contributed by atoms with Gasteiger partial charge in [-0.3, -0.25) is 4.79 Å². The number of halogens is 1. The van der Waals surface area contributed by atoms with Gasteiger partial charge in [0.2, 0.25) is 0 Å². The number of hydrogen-bond acceptors (Lipinski definition) is 2. The largest absolute Gasteiger partial charge is 0.294 e. The molecule has 0 amide bonds. The van der Waals surface area contributed by atoms with E-state index in [4.69, 9.17) is 11.6 Å². The minimum atomic E-state index is 0.230. The van der Waals surface area contributed by atoms with Gasteiger partial charge < -0.3 is 0 Å². The van der Waals surface area contributed by atoms with Crippen molar-refractivity contribution in [2.24, 2.45) is 0 Å². The average molecular weight is 241 g/mol. The lowest BCUT2D eigenvalue weighted by atomic mass is 9.99. The zero-order chi connectivity index (χ0) is 11.0. The molecule has 1 heterocycles. The molecule has 0 aliphatic carbocycles. The van der Waals surface area contributed by atoms with Crippen LogP contribution >= 0.6 is 23.4 Å². The lowest BCUT2D eigenvalue weighted by Gasteiger charge is -2.07. The third-order valence-electron chi connectivity index (χ3n) is 2.63. The van der Waals surface area contributed by atoms with Gasteiger partial charge in [-0.05, 0) is 30.2 Å². The van der Waals surface area contributed by atoms with Crippen LogP contribution in [0.25, 0.3) is 0 Å². The van der Waals surface area contributed by atoms with E-state index in [1.807, 2.05) is 19.1 Å². The van der Waals surface area contributed by atoms with Crippen molar-refractivity contribution in [2.45, 2.75) is 31.3 Å². The van der Waals surface area contributed by atoms with Gasteiger partial charge in [-0.15, -0.1) is 0 Å². The first-order valence-corrected chi connectivity index (χ1v) is 6.44. The van der Waals surface area contributed by atoms with Crippen LogP contribution in [-0.4, -0.2) is 11.0 Å². The summed E-state index contributed by atoms with van der Waals surface area (Å²) in [7, 11) is 0. The number of ketones is 1. The Bertz CT molecular complexity index is 414. The zero-order valence-corrected chi connectivity index (χ0v) is 10.4. The molecular weight excluding hydrogens is 228 g/mol. The van der Waals surface area contributed by atoms with Crippen LogP contribution in [0, 0.1) is 6.92 Å². The minimum absolute atomic E-state index is 0.230. The first-order valence-electron chi connectivity index (χ1n) is 5.01. The molecule has 0 saturated carbocycles. The molecular formula is C12H13ClOS. The van der Waals surface area contributed by atoms with Gasteiger partial charge in [-0.25, -0.2) is 0 Å². The normalized spacial score (nSPS) is 21.0. The number of Topliss-reactive ketones (excluding diaryl/α,β-unsaturated/α-hetero) is 1. The number of thioether (sulfide) groups is 1. The Morgan fingerprint density at radius 1 is 1.47 bits per heavy atom. The summed E-state index contributed by atoms with van der Waals surface area (Å²) in [5.41, 5.74) is 2.91. The maximum atomic E-state index is 11.9. The molecule has 3 heteroatoms. The average Bonchev–Trinajstić information content (AvgIpc) is 2.27. The standard InChI is InChI=1S/C12H13ClOS/c1-7-3-9-10(11(13)4-7)6-15-8(2)5-12(9)14/h3-4,8H,5-6H2,1-2H3.